The van der Waals surface area contributed by atoms with Crippen molar-refractivity contribution in [1.82, 2.24) is 20.6 Å². The van der Waals surface area contributed by atoms with E-state index in [1.807, 2.05) is 0 Å². The van der Waals surface area contributed by atoms with E-state index >= 15 is 0 Å². The lowest BCUT2D eigenvalue weighted by atomic mass is 9.81. The highest BCUT2D eigenvalue weighted by atomic mass is 19.4. The van der Waals surface area contributed by atoms with Crippen molar-refractivity contribution in [1.29, 1.82) is 0 Å². The molecule has 0 saturated heterocycles. The van der Waals surface area contributed by atoms with Crippen LogP contribution in [0.1, 0.15) is 81.8 Å². The van der Waals surface area contributed by atoms with Crippen LogP contribution in [0.4, 0.5) is 30.7 Å². The average Bonchev–Trinajstić information content (AvgIpc) is 3.21. The van der Waals surface area contributed by atoms with E-state index in [0.717, 1.165) is 0 Å². The molecule has 210 valence electrons. The zero-order chi connectivity index (χ0) is 27.9. The van der Waals surface area contributed by atoms with Gasteiger partial charge in [0.1, 0.15) is 5.82 Å². The number of amides is 2. The smallest absolute Gasteiger partial charge is 0.350 e. The summed E-state index contributed by atoms with van der Waals surface area (Å²) in [7, 11) is 0. The van der Waals surface area contributed by atoms with Crippen LogP contribution in [0, 0.1) is 11.8 Å². The molecule has 0 radical (unpaired) electrons. The molecule has 2 aliphatic carbocycles. The molecule has 2 saturated carbocycles. The Kier molecular flexibility index (Phi) is 7.68. The number of imidazole rings is 1. The highest BCUT2D eigenvalue weighted by molar-refractivity contribution is 5.79. The number of fused-ring (bicyclic) bond motifs is 1. The average molecular weight is 551 g/mol. The van der Waals surface area contributed by atoms with Crippen LogP contribution >= 0.6 is 0 Å². The highest BCUT2D eigenvalue weighted by Gasteiger charge is 2.57. The molecule has 4 rings (SSSR count). The number of halogens is 7. The van der Waals surface area contributed by atoms with Gasteiger partial charge in [-0.3, -0.25) is 9.59 Å². The third-order valence-corrected chi connectivity index (χ3v) is 7.27. The van der Waals surface area contributed by atoms with E-state index in [2.05, 4.69) is 20.6 Å². The van der Waals surface area contributed by atoms with Crippen molar-refractivity contribution in [2.24, 2.45) is 11.8 Å². The number of carbonyl (C=O) groups is 2. The molecule has 0 unspecified atom stereocenters. The zero-order valence-electron chi connectivity index (χ0n) is 20.6. The summed E-state index contributed by atoms with van der Waals surface area (Å²) in [5.41, 5.74) is 1.56. The van der Waals surface area contributed by atoms with Gasteiger partial charge in [-0.25, -0.2) is 22.5 Å². The second kappa shape index (κ2) is 10.4. The second-order valence-corrected chi connectivity index (χ2v) is 10.4. The lowest BCUT2D eigenvalue weighted by Gasteiger charge is -2.33. The largest absolute Gasteiger partial charge is 0.389 e. The Morgan fingerprint density at radius 1 is 1.11 bits per heavy atom. The molecule has 0 spiro atoms. The standard InChI is InChI=1S/C25H29F7N4O2/c1-13(33-19(37)6-9-25(30,31)32)15-2-3-17-18(10-15)35-22(34-17)21(14-4-7-23(26,27)8-5-14)36-20(38)11-16-12-24(16,28)29/h2-3,10,13-14,16,21H,4-9,11-12H2,1H3,(H,33,37)(H,34,35)(H,36,38)/t13-,16-,21+/m1/s1. The molecule has 2 aromatic rings. The first-order chi connectivity index (χ1) is 17.6. The number of nitrogens with zero attached hydrogens (tertiary/aromatic N) is 1. The molecule has 1 aromatic heterocycles. The van der Waals surface area contributed by atoms with Crippen LogP contribution in [-0.4, -0.2) is 39.8 Å². The molecule has 0 bridgehead atoms. The third-order valence-electron chi connectivity index (χ3n) is 7.27. The number of H-pyrrole nitrogens is 1. The molecule has 2 fully saturated rings. The lowest BCUT2D eigenvalue weighted by Crippen LogP contribution is -2.38. The van der Waals surface area contributed by atoms with Crippen molar-refractivity contribution in [2.75, 3.05) is 0 Å². The SMILES string of the molecule is C[C@@H](NC(=O)CCC(F)(F)F)c1ccc2[nH]c([C@@H](NC(=O)C[C@@H]3CC3(F)F)C3CCC(F)(F)CC3)nc2c1. The Morgan fingerprint density at radius 3 is 2.37 bits per heavy atom. The first-order valence-corrected chi connectivity index (χ1v) is 12.5. The van der Waals surface area contributed by atoms with Crippen LogP contribution in [0.25, 0.3) is 11.0 Å². The van der Waals surface area contributed by atoms with Crippen LogP contribution in [0.5, 0.6) is 0 Å². The molecular formula is C25H29F7N4O2. The fourth-order valence-corrected chi connectivity index (χ4v) is 4.86. The van der Waals surface area contributed by atoms with Gasteiger partial charge in [-0.2, -0.15) is 13.2 Å². The Labute approximate surface area is 214 Å². The van der Waals surface area contributed by atoms with E-state index in [1.54, 1.807) is 25.1 Å². The van der Waals surface area contributed by atoms with Gasteiger partial charge in [0, 0.05) is 38.0 Å². The molecule has 2 aliphatic rings. The van der Waals surface area contributed by atoms with Gasteiger partial charge >= 0.3 is 6.18 Å². The predicted molar refractivity (Wildman–Crippen MR) is 123 cm³/mol. The third kappa shape index (κ3) is 7.16. The first-order valence-electron chi connectivity index (χ1n) is 12.5. The molecule has 1 aromatic carbocycles. The van der Waals surface area contributed by atoms with E-state index in [4.69, 9.17) is 0 Å². The highest BCUT2D eigenvalue weighted by Crippen LogP contribution is 2.50. The van der Waals surface area contributed by atoms with E-state index in [0.29, 0.717) is 22.4 Å². The molecule has 1 heterocycles. The number of rotatable bonds is 9. The molecule has 6 nitrogen and oxygen atoms in total. The minimum atomic E-state index is -4.44. The number of aromatic amines is 1. The monoisotopic (exact) mass is 550 g/mol. The molecule has 0 aliphatic heterocycles. The summed E-state index contributed by atoms with van der Waals surface area (Å²) in [5, 5.41) is 5.24. The Balaban J connectivity index is 1.50. The summed E-state index contributed by atoms with van der Waals surface area (Å²) in [6.07, 6.45) is -7.60. The normalized spacial score (nSPS) is 22.6. The van der Waals surface area contributed by atoms with Crippen LogP contribution in [0.3, 0.4) is 0 Å². The molecule has 3 atom stereocenters. The maximum atomic E-state index is 13.8. The summed E-state index contributed by atoms with van der Waals surface area (Å²) >= 11 is 0. The number of alkyl halides is 7. The van der Waals surface area contributed by atoms with Crippen molar-refractivity contribution < 1.29 is 40.3 Å². The Hall–Kier alpha value is -2.86. The minimum Gasteiger partial charge on any atom is -0.350 e. The van der Waals surface area contributed by atoms with E-state index in [1.165, 1.54) is 0 Å². The molecule has 2 amide bonds. The molecule has 3 N–H and O–H groups in total. The van der Waals surface area contributed by atoms with Gasteiger partial charge in [0.15, 0.2) is 0 Å². The summed E-state index contributed by atoms with van der Waals surface area (Å²) in [6, 6.07) is 3.53. The van der Waals surface area contributed by atoms with Gasteiger partial charge in [-0.05, 0) is 43.4 Å². The van der Waals surface area contributed by atoms with Crippen LogP contribution in [0.2, 0.25) is 0 Å². The number of hydrogen-bond acceptors (Lipinski definition) is 3. The quantitative estimate of drug-likeness (QED) is 0.329. The predicted octanol–water partition coefficient (Wildman–Crippen LogP) is 6.11. The number of benzene rings is 1. The van der Waals surface area contributed by atoms with Gasteiger partial charge in [0.05, 0.1) is 29.5 Å². The van der Waals surface area contributed by atoms with Gasteiger partial charge in [-0.1, -0.05) is 6.07 Å². The second-order valence-electron chi connectivity index (χ2n) is 10.4. The molecule has 13 heteroatoms. The lowest BCUT2D eigenvalue weighted by molar-refractivity contribution is -0.144. The van der Waals surface area contributed by atoms with Gasteiger partial charge < -0.3 is 15.6 Å². The fraction of sp³-hybridized carbons (Fsp3) is 0.640. The Morgan fingerprint density at radius 2 is 1.76 bits per heavy atom. The van der Waals surface area contributed by atoms with Crippen molar-refractivity contribution >= 4 is 22.8 Å². The summed E-state index contributed by atoms with van der Waals surface area (Å²) in [6.45, 7) is 1.61. The fourth-order valence-electron chi connectivity index (χ4n) is 4.86. The van der Waals surface area contributed by atoms with Crippen molar-refractivity contribution in [3.63, 3.8) is 0 Å². The number of hydrogen-bond donors (Lipinski definition) is 3. The summed E-state index contributed by atoms with van der Waals surface area (Å²) < 4.78 is 91.3. The van der Waals surface area contributed by atoms with Gasteiger partial charge in [0.25, 0.3) is 5.92 Å². The Bertz CT molecular complexity index is 1170. The van der Waals surface area contributed by atoms with E-state index in [-0.39, 0.29) is 44.4 Å². The maximum Gasteiger partial charge on any atom is 0.389 e. The van der Waals surface area contributed by atoms with Crippen LogP contribution in [-0.2, 0) is 9.59 Å². The summed E-state index contributed by atoms with van der Waals surface area (Å²) in [5.74, 6) is -8.15. The first kappa shape index (κ1) is 28.2. The summed E-state index contributed by atoms with van der Waals surface area (Å²) in [4.78, 5) is 32.1. The maximum absolute atomic E-state index is 13.8. The van der Waals surface area contributed by atoms with Crippen molar-refractivity contribution in [2.45, 2.75) is 88.4 Å². The van der Waals surface area contributed by atoms with Crippen molar-refractivity contribution in [3.05, 3.63) is 29.6 Å². The van der Waals surface area contributed by atoms with Crippen LogP contribution < -0.4 is 10.6 Å². The van der Waals surface area contributed by atoms with Gasteiger partial charge in [-0.15, -0.1) is 0 Å². The van der Waals surface area contributed by atoms with Gasteiger partial charge in [0.2, 0.25) is 17.7 Å². The zero-order valence-corrected chi connectivity index (χ0v) is 20.6. The number of aromatic nitrogens is 2. The van der Waals surface area contributed by atoms with Crippen molar-refractivity contribution in [3.8, 4) is 0 Å². The molecule has 38 heavy (non-hydrogen) atoms. The molecular weight excluding hydrogens is 521 g/mol. The number of carbonyl (C=O) groups excluding carboxylic acids is 2. The van der Waals surface area contributed by atoms with Crippen LogP contribution in [0.15, 0.2) is 18.2 Å². The number of nitrogens with one attached hydrogen (secondary N) is 3. The van der Waals surface area contributed by atoms with E-state index < -0.39 is 60.7 Å². The topological polar surface area (TPSA) is 86.9 Å². The minimum absolute atomic E-state index is 0.112. The van der Waals surface area contributed by atoms with E-state index in [9.17, 15) is 40.3 Å².